The fourth-order valence-corrected chi connectivity index (χ4v) is 1.04. The maximum Gasteiger partial charge on any atom is 0.243 e. The number of allylic oxidation sites excluding steroid dienone is 3. The van der Waals surface area contributed by atoms with Crippen molar-refractivity contribution in [2.75, 3.05) is 5.32 Å². The average molecular weight is 250 g/mol. The SMILES string of the molecule is C/C(=C\C(C=N)=C\Nc1ccc(F)cn1)[N+](=O)[O-]. The molecule has 0 saturated carbocycles. The van der Waals surface area contributed by atoms with Crippen molar-refractivity contribution in [3.8, 4) is 0 Å². The first-order chi connectivity index (χ1) is 8.52. The van der Waals surface area contributed by atoms with Crippen LogP contribution in [0.15, 0.2) is 41.9 Å². The molecule has 0 spiro atoms. The summed E-state index contributed by atoms with van der Waals surface area (Å²) in [6, 6.07) is 2.64. The van der Waals surface area contributed by atoms with E-state index in [1.54, 1.807) is 0 Å². The van der Waals surface area contributed by atoms with Crippen LogP contribution in [0.4, 0.5) is 10.2 Å². The van der Waals surface area contributed by atoms with Gasteiger partial charge in [0.25, 0.3) is 0 Å². The summed E-state index contributed by atoms with van der Waals surface area (Å²) in [7, 11) is 0. The maximum absolute atomic E-state index is 12.6. The van der Waals surface area contributed by atoms with Gasteiger partial charge in [-0.15, -0.1) is 0 Å². The first kappa shape index (κ1) is 13.5. The summed E-state index contributed by atoms with van der Waals surface area (Å²) in [6.07, 6.45) is 4.62. The van der Waals surface area contributed by atoms with Gasteiger partial charge in [0.15, 0.2) is 0 Å². The molecule has 0 radical (unpaired) electrons. The zero-order chi connectivity index (χ0) is 13.5. The monoisotopic (exact) mass is 250 g/mol. The smallest absolute Gasteiger partial charge is 0.243 e. The standard InChI is InChI=1S/C11H11FN4O2/c1-8(16(17)18)4-9(5-13)6-14-11-3-2-10(12)7-15-11/h2-7,13H,1H3,(H,14,15)/b8-4+,9-6-,13-5?. The number of nitro groups is 1. The molecule has 0 aromatic carbocycles. The van der Waals surface area contributed by atoms with E-state index >= 15 is 0 Å². The van der Waals surface area contributed by atoms with Crippen molar-refractivity contribution in [3.05, 3.63) is 57.8 Å². The van der Waals surface area contributed by atoms with Gasteiger partial charge in [-0.3, -0.25) is 10.1 Å². The van der Waals surface area contributed by atoms with Crippen LogP contribution in [0.3, 0.4) is 0 Å². The largest absolute Gasteiger partial charge is 0.346 e. The van der Waals surface area contributed by atoms with Crippen LogP contribution in [-0.4, -0.2) is 16.1 Å². The Hall–Kier alpha value is -2.57. The van der Waals surface area contributed by atoms with E-state index in [2.05, 4.69) is 10.3 Å². The van der Waals surface area contributed by atoms with Gasteiger partial charge in [0, 0.05) is 31.0 Å². The first-order valence-corrected chi connectivity index (χ1v) is 4.94. The minimum absolute atomic E-state index is 0.0846. The highest BCUT2D eigenvalue weighted by atomic mass is 19.1. The lowest BCUT2D eigenvalue weighted by Gasteiger charge is -2.00. The van der Waals surface area contributed by atoms with Crippen LogP contribution < -0.4 is 5.32 Å². The van der Waals surface area contributed by atoms with Gasteiger partial charge in [-0.05, 0) is 12.1 Å². The van der Waals surface area contributed by atoms with Gasteiger partial charge in [0.05, 0.1) is 11.1 Å². The molecule has 2 N–H and O–H groups in total. The molecule has 0 amide bonds. The highest BCUT2D eigenvalue weighted by Gasteiger charge is 2.02. The van der Waals surface area contributed by atoms with Gasteiger partial charge < -0.3 is 10.7 Å². The van der Waals surface area contributed by atoms with Crippen molar-refractivity contribution in [2.24, 2.45) is 0 Å². The van der Waals surface area contributed by atoms with E-state index in [1.807, 2.05) is 0 Å². The van der Waals surface area contributed by atoms with E-state index in [9.17, 15) is 14.5 Å². The Kier molecular flexibility index (Phi) is 4.67. The number of halogens is 1. The number of nitrogens with zero attached hydrogens (tertiary/aromatic N) is 2. The molecule has 94 valence electrons. The highest BCUT2D eigenvalue weighted by molar-refractivity contribution is 5.80. The number of rotatable bonds is 5. The number of hydrogen-bond donors (Lipinski definition) is 2. The van der Waals surface area contributed by atoms with E-state index < -0.39 is 10.7 Å². The normalized spacial score (nSPS) is 12.1. The summed E-state index contributed by atoms with van der Waals surface area (Å²) < 4.78 is 12.6. The Labute approximate surface area is 103 Å². The van der Waals surface area contributed by atoms with Crippen molar-refractivity contribution in [1.82, 2.24) is 4.98 Å². The molecule has 1 aromatic rings. The molecule has 0 aliphatic carbocycles. The molecule has 1 aromatic heterocycles. The molecule has 1 heterocycles. The summed E-state index contributed by atoms with van der Waals surface area (Å²) in [5, 5.41) is 20.2. The third-order valence-corrected chi connectivity index (χ3v) is 1.94. The zero-order valence-electron chi connectivity index (χ0n) is 9.55. The number of pyridine rings is 1. The van der Waals surface area contributed by atoms with Crippen LogP contribution in [0, 0.1) is 21.3 Å². The van der Waals surface area contributed by atoms with Gasteiger partial charge in [-0.2, -0.15) is 0 Å². The number of anilines is 1. The quantitative estimate of drug-likeness (QED) is 0.363. The molecule has 6 nitrogen and oxygen atoms in total. The predicted molar refractivity (Wildman–Crippen MR) is 65.4 cm³/mol. The van der Waals surface area contributed by atoms with Crippen molar-refractivity contribution in [2.45, 2.75) is 6.92 Å². The van der Waals surface area contributed by atoms with E-state index in [1.165, 1.54) is 31.3 Å². The number of hydrogen-bond acceptors (Lipinski definition) is 5. The summed E-state index contributed by atoms with van der Waals surface area (Å²) in [6.45, 7) is 1.33. The second-order valence-corrected chi connectivity index (χ2v) is 3.34. The van der Waals surface area contributed by atoms with Crippen molar-refractivity contribution >= 4 is 12.0 Å². The Morgan fingerprint density at radius 1 is 1.61 bits per heavy atom. The minimum Gasteiger partial charge on any atom is -0.346 e. The van der Waals surface area contributed by atoms with Crippen LogP contribution in [0.2, 0.25) is 0 Å². The molecule has 0 aliphatic rings. The zero-order valence-corrected chi connectivity index (χ0v) is 9.55. The van der Waals surface area contributed by atoms with E-state index in [0.29, 0.717) is 11.4 Å². The van der Waals surface area contributed by atoms with Gasteiger partial charge in [0.2, 0.25) is 5.70 Å². The van der Waals surface area contributed by atoms with Crippen LogP contribution >= 0.6 is 0 Å². The van der Waals surface area contributed by atoms with E-state index in [-0.39, 0.29) is 5.70 Å². The van der Waals surface area contributed by atoms with E-state index in [4.69, 9.17) is 5.41 Å². The summed E-state index contributed by atoms with van der Waals surface area (Å²) in [4.78, 5) is 13.6. The van der Waals surface area contributed by atoms with Gasteiger partial charge >= 0.3 is 0 Å². The molecule has 0 saturated heterocycles. The minimum atomic E-state index is -0.548. The fourth-order valence-electron chi connectivity index (χ4n) is 1.04. The second-order valence-electron chi connectivity index (χ2n) is 3.34. The molecular weight excluding hydrogens is 239 g/mol. The van der Waals surface area contributed by atoms with Gasteiger partial charge in [-0.1, -0.05) is 0 Å². The van der Waals surface area contributed by atoms with Crippen LogP contribution in [0.5, 0.6) is 0 Å². The predicted octanol–water partition coefficient (Wildman–Crippen LogP) is 2.35. The third-order valence-electron chi connectivity index (χ3n) is 1.94. The van der Waals surface area contributed by atoms with Gasteiger partial charge in [-0.25, -0.2) is 9.37 Å². The molecule has 0 fully saturated rings. The topological polar surface area (TPSA) is 91.9 Å². The molecule has 18 heavy (non-hydrogen) atoms. The second kappa shape index (κ2) is 6.24. The maximum atomic E-state index is 12.6. The van der Waals surface area contributed by atoms with Crippen molar-refractivity contribution < 1.29 is 9.31 Å². The Morgan fingerprint density at radius 2 is 2.33 bits per heavy atom. The molecule has 1 rings (SSSR count). The molecule has 7 heteroatoms. The van der Waals surface area contributed by atoms with Crippen molar-refractivity contribution in [1.29, 1.82) is 5.41 Å². The van der Waals surface area contributed by atoms with Crippen LogP contribution in [0.25, 0.3) is 0 Å². The summed E-state index contributed by atoms with van der Waals surface area (Å²) in [5.74, 6) is -0.0798. The molecule has 0 bridgehead atoms. The lowest BCUT2D eigenvalue weighted by Crippen LogP contribution is -1.98. The fraction of sp³-hybridized carbons (Fsp3) is 0.0909. The molecule has 0 unspecified atom stereocenters. The molecule has 0 aliphatic heterocycles. The first-order valence-electron chi connectivity index (χ1n) is 4.94. The Morgan fingerprint density at radius 3 is 2.83 bits per heavy atom. The molecule has 0 atom stereocenters. The lowest BCUT2D eigenvalue weighted by atomic mass is 10.2. The lowest BCUT2D eigenvalue weighted by molar-refractivity contribution is -0.424. The van der Waals surface area contributed by atoms with Crippen molar-refractivity contribution in [3.63, 3.8) is 0 Å². The molecular formula is C11H11FN4O2. The Balaban J connectivity index is 2.80. The van der Waals surface area contributed by atoms with Crippen LogP contribution in [0.1, 0.15) is 6.92 Å². The van der Waals surface area contributed by atoms with Gasteiger partial charge in [0.1, 0.15) is 11.6 Å². The third kappa shape index (κ3) is 4.12. The summed E-state index contributed by atoms with van der Waals surface area (Å²) in [5.41, 5.74) is 0.217. The number of nitrogens with one attached hydrogen (secondary N) is 2. The number of aromatic nitrogens is 1. The van der Waals surface area contributed by atoms with Crippen LogP contribution in [-0.2, 0) is 0 Å². The van der Waals surface area contributed by atoms with E-state index in [0.717, 1.165) is 12.4 Å². The Bertz CT molecular complexity index is 508. The highest BCUT2D eigenvalue weighted by Crippen LogP contribution is 2.06. The summed E-state index contributed by atoms with van der Waals surface area (Å²) >= 11 is 0. The average Bonchev–Trinajstić information content (AvgIpc) is 2.35.